The average molecular weight is 247 g/mol. The highest BCUT2D eigenvalue weighted by atomic mass is 35.5. The van der Waals surface area contributed by atoms with Gasteiger partial charge in [-0.3, -0.25) is 9.69 Å². The second-order valence-electron chi connectivity index (χ2n) is 2.75. The minimum Gasteiger partial charge on any atom is -0.307 e. The summed E-state index contributed by atoms with van der Waals surface area (Å²) in [6.07, 6.45) is 0. The van der Waals surface area contributed by atoms with Crippen molar-refractivity contribution in [1.29, 1.82) is 0 Å². The summed E-state index contributed by atoms with van der Waals surface area (Å²) in [6, 6.07) is 5.89. The molecule has 0 aliphatic heterocycles. The maximum Gasteiger partial charge on any atom is 0.329 e. The Balaban J connectivity index is 2.66. The van der Waals surface area contributed by atoms with Crippen molar-refractivity contribution in [3.8, 4) is 0 Å². The van der Waals surface area contributed by atoms with E-state index in [9.17, 15) is 9.59 Å². The number of carbonyl (C=O) groups excluding carboxylic acids is 2. The van der Waals surface area contributed by atoms with Crippen LogP contribution in [-0.2, 0) is 0 Å². The third kappa shape index (κ3) is 3.42. The summed E-state index contributed by atoms with van der Waals surface area (Å²) in [6.45, 7) is 0. The average Bonchev–Trinajstić information content (AvgIpc) is 2.20. The molecule has 0 saturated carbocycles. The van der Waals surface area contributed by atoms with E-state index in [-0.39, 0.29) is 0 Å². The van der Waals surface area contributed by atoms with Gasteiger partial charge in [0.25, 0.3) is 0 Å². The predicted octanol–water partition coefficient (Wildman–Crippen LogP) is 3.16. The van der Waals surface area contributed by atoms with Gasteiger partial charge in [0.2, 0.25) is 0 Å². The van der Waals surface area contributed by atoms with E-state index < -0.39 is 11.4 Å². The summed E-state index contributed by atoms with van der Waals surface area (Å²) in [5.41, 5.74) is 0.536. The first-order valence-corrected chi connectivity index (χ1v) is 4.76. The van der Waals surface area contributed by atoms with Gasteiger partial charge < -0.3 is 5.32 Å². The van der Waals surface area contributed by atoms with Crippen LogP contribution in [0.1, 0.15) is 0 Å². The second-order valence-corrected chi connectivity index (χ2v) is 3.51. The molecule has 80 valence electrons. The van der Waals surface area contributed by atoms with Crippen molar-refractivity contribution in [1.82, 2.24) is 4.90 Å². The number of halogens is 2. The highest BCUT2D eigenvalue weighted by Gasteiger charge is 2.13. The summed E-state index contributed by atoms with van der Waals surface area (Å²) >= 11 is 10.8. The number of benzene rings is 1. The van der Waals surface area contributed by atoms with Gasteiger partial charge >= 0.3 is 11.4 Å². The molecule has 1 rings (SSSR count). The zero-order chi connectivity index (χ0) is 11.4. The third-order valence-electron chi connectivity index (χ3n) is 1.66. The molecule has 0 atom stereocenters. The summed E-state index contributed by atoms with van der Waals surface area (Å²) in [5.74, 6) is 0. The molecule has 0 fully saturated rings. The first kappa shape index (κ1) is 11.8. The van der Waals surface area contributed by atoms with Gasteiger partial charge in [-0.2, -0.15) is 0 Å². The fourth-order valence-electron chi connectivity index (χ4n) is 0.820. The molecule has 0 aliphatic carbocycles. The van der Waals surface area contributed by atoms with Crippen LogP contribution in [0.15, 0.2) is 24.3 Å². The standard InChI is InChI=1S/C9H8Cl2N2O2/c1-13(8(11)14)9(15)12-7-4-2-6(10)3-5-7/h2-5H,1H3,(H,12,15). The second kappa shape index (κ2) is 5.00. The Morgan fingerprint density at radius 1 is 1.27 bits per heavy atom. The third-order valence-corrected chi connectivity index (χ3v) is 2.17. The first-order chi connectivity index (χ1) is 7.00. The minimum absolute atomic E-state index is 0.536. The molecule has 0 heterocycles. The summed E-state index contributed by atoms with van der Waals surface area (Å²) in [5, 5.41) is 2.19. The highest BCUT2D eigenvalue weighted by molar-refractivity contribution is 6.64. The van der Waals surface area contributed by atoms with Crippen molar-refractivity contribution >= 4 is 40.3 Å². The number of amides is 3. The van der Waals surface area contributed by atoms with Gasteiger partial charge in [-0.05, 0) is 35.9 Å². The van der Waals surface area contributed by atoms with Crippen LogP contribution in [0, 0.1) is 0 Å². The number of carbonyl (C=O) groups is 2. The Morgan fingerprint density at radius 3 is 2.27 bits per heavy atom. The highest BCUT2D eigenvalue weighted by Crippen LogP contribution is 2.13. The molecule has 6 heteroatoms. The predicted molar refractivity (Wildman–Crippen MR) is 59.5 cm³/mol. The normalized spacial score (nSPS) is 9.53. The summed E-state index contributed by atoms with van der Waals surface area (Å²) in [7, 11) is 1.28. The number of urea groups is 1. The smallest absolute Gasteiger partial charge is 0.307 e. The van der Waals surface area contributed by atoms with Gasteiger partial charge in [0.15, 0.2) is 0 Å². The SMILES string of the molecule is CN(C(=O)Cl)C(=O)Nc1ccc(Cl)cc1. The van der Waals surface area contributed by atoms with Crippen molar-refractivity contribution in [2.24, 2.45) is 0 Å². The molecule has 1 aromatic carbocycles. The number of nitrogens with zero attached hydrogens (tertiary/aromatic N) is 1. The molecule has 0 spiro atoms. The Hall–Kier alpha value is -1.26. The van der Waals surface area contributed by atoms with E-state index in [1.807, 2.05) is 0 Å². The molecule has 4 nitrogen and oxygen atoms in total. The molecular weight excluding hydrogens is 239 g/mol. The molecule has 0 aromatic heterocycles. The number of imide groups is 1. The molecule has 0 unspecified atom stereocenters. The van der Waals surface area contributed by atoms with Crippen LogP contribution in [0.2, 0.25) is 5.02 Å². The Morgan fingerprint density at radius 2 is 1.80 bits per heavy atom. The van der Waals surface area contributed by atoms with Crippen molar-refractivity contribution in [2.45, 2.75) is 0 Å². The maximum atomic E-state index is 11.3. The van der Waals surface area contributed by atoms with Crippen molar-refractivity contribution in [3.05, 3.63) is 29.3 Å². The van der Waals surface area contributed by atoms with Gasteiger partial charge in [0.1, 0.15) is 0 Å². The maximum absolute atomic E-state index is 11.3. The zero-order valence-corrected chi connectivity index (χ0v) is 9.34. The minimum atomic E-state index is -0.846. The number of rotatable bonds is 1. The van der Waals surface area contributed by atoms with Gasteiger partial charge in [-0.25, -0.2) is 4.79 Å². The van der Waals surface area contributed by atoms with Crippen LogP contribution >= 0.6 is 23.2 Å². The van der Waals surface area contributed by atoms with E-state index in [2.05, 4.69) is 5.32 Å². The lowest BCUT2D eigenvalue weighted by atomic mass is 10.3. The van der Waals surface area contributed by atoms with Gasteiger partial charge in [-0.1, -0.05) is 11.6 Å². The summed E-state index contributed by atoms with van der Waals surface area (Å²) < 4.78 is 0. The van der Waals surface area contributed by atoms with E-state index in [1.54, 1.807) is 24.3 Å². The van der Waals surface area contributed by atoms with E-state index in [1.165, 1.54) is 7.05 Å². The monoisotopic (exact) mass is 246 g/mol. The van der Waals surface area contributed by atoms with Crippen LogP contribution in [0.3, 0.4) is 0 Å². The van der Waals surface area contributed by atoms with Crippen molar-refractivity contribution in [2.75, 3.05) is 12.4 Å². The molecule has 0 aliphatic rings. The summed E-state index contributed by atoms with van der Waals surface area (Å²) in [4.78, 5) is 22.7. The van der Waals surface area contributed by atoms with Crippen molar-refractivity contribution in [3.63, 3.8) is 0 Å². The number of nitrogens with one attached hydrogen (secondary N) is 1. The number of anilines is 1. The largest absolute Gasteiger partial charge is 0.329 e. The van der Waals surface area contributed by atoms with Gasteiger partial charge in [0, 0.05) is 17.8 Å². The van der Waals surface area contributed by atoms with Crippen LogP contribution < -0.4 is 5.32 Å². The number of hydrogen-bond donors (Lipinski definition) is 1. The lowest BCUT2D eigenvalue weighted by molar-refractivity contribution is 0.216. The van der Waals surface area contributed by atoms with E-state index >= 15 is 0 Å². The molecule has 3 amide bonds. The van der Waals surface area contributed by atoms with Crippen molar-refractivity contribution < 1.29 is 9.59 Å². The molecule has 1 N–H and O–H groups in total. The van der Waals surface area contributed by atoms with Gasteiger partial charge in [-0.15, -0.1) is 0 Å². The first-order valence-electron chi connectivity index (χ1n) is 4.00. The fourth-order valence-corrected chi connectivity index (χ4v) is 1.02. The van der Waals surface area contributed by atoms with Crippen LogP contribution in [-0.4, -0.2) is 23.3 Å². The Bertz CT molecular complexity index is 378. The van der Waals surface area contributed by atoms with E-state index in [0.29, 0.717) is 10.7 Å². The van der Waals surface area contributed by atoms with Crippen LogP contribution in [0.25, 0.3) is 0 Å². The topological polar surface area (TPSA) is 49.4 Å². The lowest BCUT2D eigenvalue weighted by Gasteiger charge is -2.12. The van der Waals surface area contributed by atoms with Crippen LogP contribution in [0.5, 0.6) is 0 Å². The molecule has 0 bridgehead atoms. The van der Waals surface area contributed by atoms with Crippen LogP contribution in [0.4, 0.5) is 15.3 Å². The number of hydrogen-bond acceptors (Lipinski definition) is 2. The molecule has 1 aromatic rings. The Kier molecular flexibility index (Phi) is 3.94. The van der Waals surface area contributed by atoms with Gasteiger partial charge in [0.05, 0.1) is 0 Å². The molecule has 0 saturated heterocycles. The molecule has 0 radical (unpaired) electrons. The molecular formula is C9H8Cl2N2O2. The van der Waals surface area contributed by atoms with E-state index in [4.69, 9.17) is 23.2 Å². The quantitative estimate of drug-likeness (QED) is 0.612. The zero-order valence-electron chi connectivity index (χ0n) is 7.83. The lowest BCUT2D eigenvalue weighted by Crippen LogP contribution is -2.33. The van der Waals surface area contributed by atoms with E-state index in [0.717, 1.165) is 4.90 Å². The fraction of sp³-hybridized carbons (Fsp3) is 0.111. The molecule has 15 heavy (non-hydrogen) atoms. The Labute approximate surface area is 96.8 Å².